The molecule has 0 amide bonds. The van der Waals surface area contributed by atoms with Crippen LogP contribution in [0.2, 0.25) is 0 Å². The Kier molecular flexibility index (Phi) is 14.3. The van der Waals surface area contributed by atoms with Crippen molar-refractivity contribution in [3.63, 3.8) is 0 Å². The summed E-state index contributed by atoms with van der Waals surface area (Å²) in [5.74, 6) is -1.84. The number of benzene rings is 1. The van der Waals surface area contributed by atoms with Gasteiger partial charge in [0.2, 0.25) is 5.12 Å². The lowest BCUT2D eigenvalue weighted by Crippen LogP contribution is -2.28. The van der Waals surface area contributed by atoms with Crippen molar-refractivity contribution in [3.05, 3.63) is 54.8 Å². The SMILES string of the molecule is CCCCCCCCOC(=O)C(/C=C/C=C/N(CC)CC)C(=O)S(=O)c1ccccc1. The summed E-state index contributed by atoms with van der Waals surface area (Å²) in [6, 6.07) is 8.47. The van der Waals surface area contributed by atoms with E-state index in [0.717, 1.165) is 32.4 Å². The third-order valence-corrected chi connectivity index (χ3v) is 6.23. The lowest BCUT2D eigenvalue weighted by Gasteiger charge is -2.14. The molecule has 1 rings (SSSR count). The van der Waals surface area contributed by atoms with Gasteiger partial charge in [-0.05, 0) is 44.7 Å². The smallest absolute Gasteiger partial charge is 0.321 e. The Morgan fingerprint density at radius 2 is 1.61 bits per heavy atom. The molecule has 0 spiro atoms. The van der Waals surface area contributed by atoms with Crippen LogP contribution in [0.15, 0.2) is 59.7 Å². The van der Waals surface area contributed by atoms with Crippen molar-refractivity contribution in [2.75, 3.05) is 19.7 Å². The molecule has 0 aliphatic heterocycles. The van der Waals surface area contributed by atoms with Crippen molar-refractivity contribution in [1.82, 2.24) is 4.90 Å². The number of esters is 1. The molecule has 0 N–H and O–H groups in total. The quantitative estimate of drug-likeness (QED) is 0.159. The van der Waals surface area contributed by atoms with E-state index in [0.29, 0.717) is 4.90 Å². The van der Waals surface area contributed by atoms with Gasteiger partial charge in [-0.25, -0.2) is 4.21 Å². The standard InChI is InChI=1S/C25H37NO4S/c1-4-7-8-9-10-16-21-30-24(27)23(19-14-15-20-26(5-2)6-3)25(28)31(29)22-17-12-11-13-18-22/h11-15,17-20,23H,4-10,16,21H2,1-3H3/b19-14+,20-15+. The first kappa shape index (κ1) is 26.8. The van der Waals surface area contributed by atoms with Gasteiger partial charge in [0.15, 0.2) is 0 Å². The van der Waals surface area contributed by atoms with Gasteiger partial charge in [-0.2, -0.15) is 0 Å². The number of unbranched alkanes of at least 4 members (excludes halogenated alkanes) is 5. The van der Waals surface area contributed by atoms with Crippen LogP contribution in [0.1, 0.15) is 59.3 Å². The van der Waals surface area contributed by atoms with Crippen molar-refractivity contribution in [3.8, 4) is 0 Å². The van der Waals surface area contributed by atoms with Gasteiger partial charge in [0, 0.05) is 18.0 Å². The molecule has 2 atom stereocenters. The highest BCUT2D eigenvalue weighted by Gasteiger charge is 2.30. The Hall–Kier alpha value is -2.21. The number of carbonyl (C=O) groups is 2. The number of allylic oxidation sites excluding steroid dienone is 2. The fraction of sp³-hybridized carbons (Fsp3) is 0.520. The lowest BCUT2D eigenvalue weighted by atomic mass is 10.1. The fourth-order valence-electron chi connectivity index (χ4n) is 2.95. The van der Waals surface area contributed by atoms with E-state index in [-0.39, 0.29) is 6.61 Å². The predicted octanol–water partition coefficient (Wildman–Crippen LogP) is 5.25. The first-order valence-corrected chi connectivity index (χ1v) is 12.5. The van der Waals surface area contributed by atoms with Crippen LogP contribution in [0.3, 0.4) is 0 Å². The predicted molar refractivity (Wildman–Crippen MR) is 127 cm³/mol. The van der Waals surface area contributed by atoms with E-state index in [4.69, 9.17) is 4.74 Å². The number of ether oxygens (including phenoxy) is 1. The maximum atomic E-state index is 12.8. The van der Waals surface area contributed by atoms with E-state index >= 15 is 0 Å². The number of carbonyl (C=O) groups excluding carboxylic acids is 2. The van der Waals surface area contributed by atoms with Crippen molar-refractivity contribution < 1.29 is 18.5 Å². The first-order valence-electron chi connectivity index (χ1n) is 11.3. The molecular formula is C25H37NO4S. The molecule has 2 unspecified atom stereocenters. The van der Waals surface area contributed by atoms with Gasteiger partial charge in [0.1, 0.15) is 16.7 Å². The Morgan fingerprint density at radius 3 is 2.26 bits per heavy atom. The number of hydrogen-bond donors (Lipinski definition) is 0. The molecule has 0 aliphatic carbocycles. The molecule has 0 aliphatic rings. The Labute approximate surface area is 190 Å². The molecule has 172 valence electrons. The second-order valence-corrected chi connectivity index (χ2v) is 8.67. The van der Waals surface area contributed by atoms with Gasteiger partial charge in [-0.15, -0.1) is 0 Å². The summed E-state index contributed by atoms with van der Waals surface area (Å²) in [5, 5.41) is -0.661. The third-order valence-electron chi connectivity index (χ3n) is 4.91. The van der Waals surface area contributed by atoms with Crippen LogP contribution in [-0.4, -0.2) is 39.9 Å². The number of hydrogen-bond acceptors (Lipinski definition) is 5. The van der Waals surface area contributed by atoms with Crippen LogP contribution in [0.25, 0.3) is 0 Å². The third kappa shape index (κ3) is 10.6. The van der Waals surface area contributed by atoms with Gasteiger partial charge in [0.05, 0.1) is 6.61 Å². The summed E-state index contributed by atoms with van der Waals surface area (Å²) in [6.45, 7) is 8.26. The van der Waals surface area contributed by atoms with Crippen LogP contribution >= 0.6 is 0 Å². The number of rotatable bonds is 15. The summed E-state index contributed by atoms with van der Waals surface area (Å²) in [4.78, 5) is 27.9. The van der Waals surface area contributed by atoms with Crippen molar-refractivity contribution in [2.24, 2.45) is 5.92 Å². The summed E-state index contributed by atoms with van der Waals surface area (Å²) < 4.78 is 18.1. The van der Waals surface area contributed by atoms with Crippen LogP contribution in [0.5, 0.6) is 0 Å². The zero-order chi connectivity index (χ0) is 22.9. The van der Waals surface area contributed by atoms with E-state index in [1.807, 2.05) is 20.0 Å². The molecule has 0 saturated carbocycles. The second kappa shape index (κ2) is 16.5. The van der Waals surface area contributed by atoms with E-state index in [2.05, 4.69) is 11.8 Å². The molecule has 1 aromatic rings. The van der Waals surface area contributed by atoms with Crippen LogP contribution in [-0.2, 0) is 25.1 Å². The molecule has 1 aromatic carbocycles. The van der Waals surface area contributed by atoms with Crippen molar-refractivity contribution in [2.45, 2.75) is 64.2 Å². The summed E-state index contributed by atoms with van der Waals surface area (Å²) in [7, 11) is -1.93. The van der Waals surface area contributed by atoms with Gasteiger partial charge in [-0.1, -0.05) is 69.4 Å². The summed E-state index contributed by atoms with van der Waals surface area (Å²) in [6.07, 6.45) is 13.3. The minimum absolute atomic E-state index is 0.274. The molecule has 6 heteroatoms. The molecule has 0 aromatic heterocycles. The molecular weight excluding hydrogens is 410 g/mol. The maximum absolute atomic E-state index is 12.8. The second-order valence-electron chi connectivity index (χ2n) is 7.26. The Balaban J connectivity index is 2.78. The molecule has 5 nitrogen and oxygen atoms in total. The van der Waals surface area contributed by atoms with Gasteiger partial charge < -0.3 is 9.64 Å². The van der Waals surface area contributed by atoms with Crippen LogP contribution < -0.4 is 0 Å². The zero-order valence-electron chi connectivity index (χ0n) is 19.1. The monoisotopic (exact) mass is 447 g/mol. The highest BCUT2D eigenvalue weighted by molar-refractivity contribution is 8.00. The van der Waals surface area contributed by atoms with Gasteiger partial charge in [-0.3, -0.25) is 9.59 Å². The molecule has 0 heterocycles. The molecule has 0 fully saturated rings. The first-order chi connectivity index (χ1) is 15.0. The van der Waals surface area contributed by atoms with E-state index < -0.39 is 27.8 Å². The van der Waals surface area contributed by atoms with Gasteiger partial charge in [0.25, 0.3) is 0 Å². The highest BCUT2D eigenvalue weighted by atomic mass is 32.2. The summed E-state index contributed by atoms with van der Waals surface area (Å²) >= 11 is 0. The van der Waals surface area contributed by atoms with E-state index in [1.165, 1.54) is 25.3 Å². The van der Waals surface area contributed by atoms with Crippen molar-refractivity contribution in [1.29, 1.82) is 0 Å². The maximum Gasteiger partial charge on any atom is 0.321 e. The Bertz CT molecular complexity index is 726. The van der Waals surface area contributed by atoms with Gasteiger partial charge >= 0.3 is 5.97 Å². The topological polar surface area (TPSA) is 63.7 Å². The molecule has 0 radical (unpaired) electrons. The molecule has 0 bridgehead atoms. The van der Waals surface area contributed by atoms with Crippen LogP contribution in [0.4, 0.5) is 0 Å². The highest BCUT2D eigenvalue weighted by Crippen LogP contribution is 2.15. The average Bonchev–Trinajstić information content (AvgIpc) is 2.80. The van der Waals surface area contributed by atoms with Crippen LogP contribution in [0, 0.1) is 5.92 Å². The minimum Gasteiger partial charge on any atom is -0.465 e. The average molecular weight is 448 g/mol. The van der Waals surface area contributed by atoms with E-state index in [9.17, 15) is 13.8 Å². The zero-order valence-corrected chi connectivity index (χ0v) is 19.9. The summed E-state index contributed by atoms with van der Waals surface area (Å²) in [5.41, 5.74) is 0. The number of nitrogens with zero attached hydrogens (tertiary/aromatic N) is 1. The van der Waals surface area contributed by atoms with E-state index in [1.54, 1.807) is 42.5 Å². The molecule has 0 saturated heterocycles. The fourth-order valence-corrected chi connectivity index (χ4v) is 4.00. The van der Waals surface area contributed by atoms with Crippen molar-refractivity contribution >= 4 is 21.9 Å². The lowest BCUT2D eigenvalue weighted by molar-refractivity contribution is -0.148. The molecule has 31 heavy (non-hydrogen) atoms. The minimum atomic E-state index is -1.93. The Morgan fingerprint density at radius 1 is 0.968 bits per heavy atom. The largest absolute Gasteiger partial charge is 0.465 e. The normalized spacial score (nSPS) is 13.4.